The second-order valence-corrected chi connectivity index (χ2v) is 5.33. The van der Waals surface area contributed by atoms with Gasteiger partial charge in [-0.15, -0.1) is 0 Å². The maximum Gasteiger partial charge on any atom is 0.0534 e. The molecule has 1 heterocycles. The van der Waals surface area contributed by atoms with Crippen molar-refractivity contribution in [3.05, 3.63) is 18.0 Å². The summed E-state index contributed by atoms with van der Waals surface area (Å²) in [5.74, 6) is 0.751. The fourth-order valence-corrected chi connectivity index (χ4v) is 1.83. The molecule has 0 saturated heterocycles. The van der Waals surface area contributed by atoms with Crippen LogP contribution in [-0.2, 0) is 6.54 Å². The Morgan fingerprint density at radius 3 is 2.44 bits per heavy atom. The minimum Gasteiger partial charge on any atom is -0.310 e. The molecular weight excluding hydrogens is 198 g/mol. The van der Waals surface area contributed by atoms with E-state index in [4.69, 9.17) is 0 Å². The van der Waals surface area contributed by atoms with Gasteiger partial charge >= 0.3 is 0 Å². The average molecular weight is 223 g/mol. The van der Waals surface area contributed by atoms with Crippen LogP contribution in [0.5, 0.6) is 0 Å². The van der Waals surface area contributed by atoms with E-state index >= 15 is 0 Å². The van der Waals surface area contributed by atoms with Gasteiger partial charge in [0.25, 0.3) is 0 Å². The molecule has 1 unspecified atom stereocenters. The zero-order valence-electron chi connectivity index (χ0n) is 11.2. The van der Waals surface area contributed by atoms with Gasteiger partial charge in [-0.05, 0) is 33.1 Å². The summed E-state index contributed by atoms with van der Waals surface area (Å²) in [5, 5.41) is 7.86. The molecule has 0 aromatic carbocycles. The first-order chi connectivity index (χ1) is 7.49. The average Bonchev–Trinajstić information content (AvgIpc) is 2.61. The van der Waals surface area contributed by atoms with Crippen molar-refractivity contribution in [3.63, 3.8) is 0 Å². The van der Waals surface area contributed by atoms with Gasteiger partial charge in [0.05, 0.1) is 6.20 Å². The van der Waals surface area contributed by atoms with Crippen LogP contribution in [0.1, 0.15) is 52.6 Å². The molecule has 0 aliphatic heterocycles. The maximum absolute atomic E-state index is 4.33. The van der Waals surface area contributed by atoms with Crippen molar-refractivity contribution in [2.45, 2.75) is 59.7 Å². The van der Waals surface area contributed by atoms with Crippen molar-refractivity contribution in [3.8, 4) is 0 Å². The first-order valence-corrected chi connectivity index (χ1v) is 6.25. The Balaban J connectivity index is 2.36. The molecule has 3 heteroatoms. The molecule has 0 aliphatic rings. The van der Waals surface area contributed by atoms with Crippen molar-refractivity contribution in [1.82, 2.24) is 15.1 Å². The van der Waals surface area contributed by atoms with Crippen LogP contribution in [-0.4, -0.2) is 15.8 Å². The Morgan fingerprint density at radius 1 is 1.25 bits per heavy atom. The molecule has 0 saturated carbocycles. The largest absolute Gasteiger partial charge is 0.310 e. The normalized spacial score (nSPS) is 13.7. The monoisotopic (exact) mass is 223 g/mol. The lowest BCUT2D eigenvalue weighted by Crippen LogP contribution is -2.26. The van der Waals surface area contributed by atoms with Crippen LogP contribution in [0.15, 0.2) is 12.4 Å². The molecule has 3 nitrogen and oxygen atoms in total. The second kappa shape index (κ2) is 6.04. The van der Waals surface area contributed by atoms with E-state index in [0.717, 1.165) is 12.5 Å². The van der Waals surface area contributed by atoms with E-state index in [2.05, 4.69) is 51.2 Å². The van der Waals surface area contributed by atoms with Crippen LogP contribution in [0.4, 0.5) is 0 Å². The van der Waals surface area contributed by atoms with Crippen molar-refractivity contribution in [1.29, 1.82) is 0 Å². The van der Waals surface area contributed by atoms with Gasteiger partial charge in [-0.3, -0.25) is 4.68 Å². The summed E-state index contributed by atoms with van der Waals surface area (Å²) in [6.45, 7) is 12.0. The summed E-state index contributed by atoms with van der Waals surface area (Å²) >= 11 is 0. The lowest BCUT2D eigenvalue weighted by Gasteiger charge is -2.15. The van der Waals surface area contributed by atoms with E-state index in [0.29, 0.717) is 12.1 Å². The molecule has 0 aliphatic carbocycles. The van der Waals surface area contributed by atoms with Crippen molar-refractivity contribution >= 4 is 0 Å². The summed E-state index contributed by atoms with van der Waals surface area (Å²) < 4.78 is 2.00. The molecule has 1 rings (SSSR count). The highest BCUT2D eigenvalue weighted by Crippen LogP contribution is 2.07. The van der Waals surface area contributed by atoms with Gasteiger partial charge in [0.15, 0.2) is 0 Å². The number of aromatic nitrogens is 2. The molecule has 0 fully saturated rings. The van der Waals surface area contributed by atoms with Crippen LogP contribution in [0.2, 0.25) is 0 Å². The third-order valence-electron chi connectivity index (χ3n) is 2.66. The Morgan fingerprint density at radius 2 is 1.94 bits per heavy atom. The lowest BCUT2D eigenvalue weighted by molar-refractivity contribution is 0.441. The Bertz CT molecular complexity index is 302. The van der Waals surface area contributed by atoms with Gasteiger partial charge in [0, 0.05) is 30.4 Å². The minimum atomic E-state index is 0.446. The van der Waals surface area contributed by atoms with Crippen LogP contribution >= 0.6 is 0 Å². The van der Waals surface area contributed by atoms with Crippen molar-refractivity contribution in [2.24, 2.45) is 5.92 Å². The fraction of sp³-hybridized carbons (Fsp3) is 0.769. The third kappa shape index (κ3) is 4.35. The van der Waals surface area contributed by atoms with Gasteiger partial charge in [-0.25, -0.2) is 0 Å². The second-order valence-electron chi connectivity index (χ2n) is 5.33. The van der Waals surface area contributed by atoms with Gasteiger partial charge in [-0.1, -0.05) is 13.8 Å². The number of hydrogen-bond donors (Lipinski definition) is 1. The zero-order valence-corrected chi connectivity index (χ0v) is 11.2. The van der Waals surface area contributed by atoms with E-state index in [1.807, 2.05) is 10.9 Å². The molecule has 92 valence electrons. The Hall–Kier alpha value is -0.830. The number of hydrogen-bond acceptors (Lipinski definition) is 2. The fourth-order valence-electron chi connectivity index (χ4n) is 1.83. The first-order valence-electron chi connectivity index (χ1n) is 6.25. The standard InChI is InChI=1S/C13H25N3/c1-10(2)6-12(5)14-7-13-8-15-16(9-13)11(3)4/h8-12,14H,6-7H2,1-5H3. The highest BCUT2D eigenvalue weighted by molar-refractivity contribution is 5.04. The van der Waals surface area contributed by atoms with Gasteiger partial charge < -0.3 is 5.32 Å². The summed E-state index contributed by atoms with van der Waals surface area (Å²) in [5.41, 5.74) is 1.27. The van der Waals surface area contributed by atoms with E-state index < -0.39 is 0 Å². The number of rotatable bonds is 6. The number of nitrogens with zero attached hydrogens (tertiary/aromatic N) is 2. The Kier molecular flexibility index (Phi) is 5.00. The molecule has 0 radical (unpaired) electrons. The smallest absolute Gasteiger partial charge is 0.0534 e. The van der Waals surface area contributed by atoms with Gasteiger partial charge in [0.1, 0.15) is 0 Å². The molecule has 1 N–H and O–H groups in total. The van der Waals surface area contributed by atoms with Gasteiger partial charge in [-0.2, -0.15) is 5.10 Å². The van der Waals surface area contributed by atoms with Crippen LogP contribution in [0.25, 0.3) is 0 Å². The van der Waals surface area contributed by atoms with Crippen molar-refractivity contribution < 1.29 is 0 Å². The van der Waals surface area contributed by atoms with Crippen molar-refractivity contribution in [2.75, 3.05) is 0 Å². The molecule has 0 spiro atoms. The van der Waals surface area contributed by atoms with E-state index in [1.54, 1.807) is 0 Å². The third-order valence-corrected chi connectivity index (χ3v) is 2.66. The summed E-state index contributed by atoms with van der Waals surface area (Å²) in [7, 11) is 0. The van der Waals surface area contributed by atoms with E-state index in [9.17, 15) is 0 Å². The summed E-state index contributed by atoms with van der Waals surface area (Å²) in [4.78, 5) is 0. The summed E-state index contributed by atoms with van der Waals surface area (Å²) in [6.07, 6.45) is 5.30. The molecular formula is C13H25N3. The highest BCUT2D eigenvalue weighted by Gasteiger charge is 2.06. The quantitative estimate of drug-likeness (QED) is 0.803. The predicted molar refractivity (Wildman–Crippen MR) is 68.4 cm³/mol. The summed E-state index contributed by atoms with van der Waals surface area (Å²) in [6, 6.07) is 1.02. The molecule has 1 atom stereocenters. The minimum absolute atomic E-state index is 0.446. The lowest BCUT2D eigenvalue weighted by atomic mass is 10.1. The highest BCUT2D eigenvalue weighted by atomic mass is 15.3. The topological polar surface area (TPSA) is 29.9 Å². The van der Waals surface area contributed by atoms with E-state index in [-0.39, 0.29) is 0 Å². The van der Waals surface area contributed by atoms with Crippen LogP contribution in [0.3, 0.4) is 0 Å². The van der Waals surface area contributed by atoms with Gasteiger partial charge in [0.2, 0.25) is 0 Å². The molecule has 1 aromatic heterocycles. The van der Waals surface area contributed by atoms with Crippen LogP contribution < -0.4 is 5.32 Å². The number of nitrogens with one attached hydrogen (secondary N) is 1. The van der Waals surface area contributed by atoms with Crippen LogP contribution in [0, 0.1) is 5.92 Å². The molecule has 0 amide bonds. The first kappa shape index (κ1) is 13.2. The Labute approximate surface area is 99.2 Å². The molecule has 16 heavy (non-hydrogen) atoms. The molecule has 1 aromatic rings. The maximum atomic E-state index is 4.33. The predicted octanol–water partition coefficient (Wildman–Crippen LogP) is 2.99. The van der Waals surface area contributed by atoms with E-state index in [1.165, 1.54) is 12.0 Å². The molecule has 0 bridgehead atoms. The zero-order chi connectivity index (χ0) is 12.1. The SMILES string of the molecule is CC(C)CC(C)NCc1cnn(C(C)C)c1.